The summed E-state index contributed by atoms with van der Waals surface area (Å²) < 4.78 is 0. The SMILES string of the molecule is CC1=CC(C)(C2=CCC=C2)C=C1. The molecule has 0 aliphatic heterocycles. The van der Waals surface area contributed by atoms with Crippen molar-refractivity contribution in [3.63, 3.8) is 0 Å². The molecular formula is C12H14. The molecule has 0 radical (unpaired) electrons. The van der Waals surface area contributed by atoms with Crippen molar-refractivity contribution in [2.75, 3.05) is 0 Å². The van der Waals surface area contributed by atoms with Crippen molar-refractivity contribution in [2.24, 2.45) is 5.41 Å². The minimum absolute atomic E-state index is 0.178. The molecule has 2 aliphatic rings. The lowest BCUT2D eigenvalue weighted by molar-refractivity contribution is 0.691. The second-order valence-electron chi connectivity index (χ2n) is 3.80. The Labute approximate surface area is 74.0 Å². The fourth-order valence-corrected chi connectivity index (χ4v) is 1.91. The van der Waals surface area contributed by atoms with Gasteiger partial charge in [-0.15, -0.1) is 0 Å². The van der Waals surface area contributed by atoms with Gasteiger partial charge in [0.05, 0.1) is 0 Å². The molecule has 0 heterocycles. The molecule has 0 N–H and O–H groups in total. The van der Waals surface area contributed by atoms with E-state index in [1.165, 1.54) is 11.1 Å². The van der Waals surface area contributed by atoms with E-state index in [1.54, 1.807) is 0 Å². The summed E-state index contributed by atoms with van der Waals surface area (Å²) in [6.45, 7) is 4.42. The molecule has 0 fully saturated rings. The van der Waals surface area contributed by atoms with Gasteiger partial charge in [-0.25, -0.2) is 0 Å². The second kappa shape index (κ2) is 2.48. The van der Waals surface area contributed by atoms with Crippen LogP contribution in [0, 0.1) is 5.41 Å². The average molecular weight is 158 g/mol. The minimum atomic E-state index is 0.178. The molecule has 0 aromatic carbocycles. The molecule has 0 nitrogen and oxygen atoms in total. The average Bonchev–Trinajstić information content (AvgIpc) is 2.59. The van der Waals surface area contributed by atoms with Gasteiger partial charge >= 0.3 is 0 Å². The van der Waals surface area contributed by atoms with Crippen LogP contribution in [0.2, 0.25) is 0 Å². The molecular weight excluding hydrogens is 144 g/mol. The lowest BCUT2D eigenvalue weighted by Gasteiger charge is -2.19. The predicted octanol–water partition coefficient (Wildman–Crippen LogP) is 3.40. The van der Waals surface area contributed by atoms with E-state index in [1.807, 2.05) is 0 Å². The van der Waals surface area contributed by atoms with E-state index in [0.717, 1.165) is 6.42 Å². The highest BCUT2D eigenvalue weighted by Gasteiger charge is 2.25. The zero-order valence-corrected chi connectivity index (χ0v) is 7.67. The maximum Gasteiger partial charge on any atom is 0.0289 e. The van der Waals surface area contributed by atoms with Gasteiger partial charge < -0.3 is 0 Å². The van der Waals surface area contributed by atoms with Gasteiger partial charge in [-0.05, 0) is 25.8 Å². The van der Waals surface area contributed by atoms with E-state index in [-0.39, 0.29) is 5.41 Å². The van der Waals surface area contributed by atoms with Crippen LogP contribution in [0.15, 0.2) is 47.6 Å². The molecule has 0 bridgehead atoms. The van der Waals surface area contributed by atoms with Gasteiger partial charge in [-0.3, -0.25) is 0 Å². The molecule has 0 amide bonds. The first-order valence-electron chi connectivity index (χ1n) is 4.47. The third-order valence-corrected chi connectivity index (χ3v) is 2.61. The summed E-state index contributed by atoms with van der Waals surface area (Å²) in [4.78, 5) is 0. The summed E-state index contributed by atoms with van der Waals surface area (Å²) >= 11 is 0. The summed E-state index contributed by atoms with van der Waals surface area (Å²) in [5.74, 6) is 0. The van der Waals surface area contributed by atoms with Crippen molar-refractivity contribution in [3.8, 4) is 0 Å². The topological polar surface area (TPSA) is 0 Å². The normalized spacial score (nSPS) is 32.5. The first-order chi connectivity index (χ1) is 5.71. The number of rotatable bonds is 1. The molecule has 1 atom stereocenters. The highest BCUT2D eigenvalue weighted by molar-refractivity contribution is 5.46. The van der Waals surface area contributed by atoms with E-state index in [9.17, 15) is 0 Å². The Bertz CT molecular complexity index is 313. The van der Waals surface area contributed by atoms with E-state index >= 15 is 0 Å². The second-order valence-corrected chi connectivity index (χ2v) is 3.80. The molecule has 2 rings (SSSR count). The molecule has 0 saturated carbocycles. The van der Waals surface area contributed by atoms with Gasteiger partial charge in [0, 0.05) is 5.41 Å². The molecule has 0 spiro atoms. The highest BCUT2D eigenvalue weighted by atomic mass is 14.3. The summed E-state index contributed by atoms with van der Waals surface area (Å²) in [7, 11) is 0. The zero-order valence-electron chi connectivity index (χ0n) is 7.67. The molecule has 0 saturated heterocycles. The lowest BCUT2D eigenvalue weighted by Crippen LogP contribution is -2.08. The molecule has 0 heteroatoms. The van der Waals surface area contributed by atoms with Crippen molar-refractivity contribution in [1.82, 2.24) is 0 Å². The van der Waals surface area contributed by atoms with Gasteiger partial charge in [0.15, 0.2) is 0 Å². The van der Waals surface area contributed by atoms with Crippen molar-refractivity contribution >= 4 is 0 Å². The van der Waals surface area contributed by atoms with Gasteiger partial charge in [0.1, 0.15) is 0 Å². The Hall–Kier alpha value is -1.04. The third kappa shape index (κ3) is 1.08. The predicted molar refractivity (Wildman–Crippen MR) is 52.8 cm³/mol. The van der Waals surface area contributed by atoms with Crippen LogP contribution < -0.4 is 0 Å². The Balaban J connectivity index is 2.35. The fraction of sp³-hybridized carbons (Fsp3) is 0.333. The quantitative estimate of drug-likeness (QED) is 0.548. The Morgan fingerprint density at radius 1 is 1.33 bits per heavy atom. The molecule has 2 aliphatic carbocycles. The van der Waals surface area contributed by atoms with Crippen LogP contribution in [0.1, 0.15) is 20.3 Å². The third-order valence-electron chi connectivity index (χ3n) is 2.61. The van der Waals surface area contributed by atoms with Gasteiger partial charge in [0.2, 0.25) is 0 Å². The summed E-state index contributed by atoms with van der Waals surface area (Å²) in [5, 5.41) is 0. The van der Waals surface area contributed by atoms with Crippen molar-refractivity contribution < 1.29 is 0 Å². The first kappa shape index (κ1) is 7.60. The summed E-state index contributed by atoms with van der Waals surface area (Å²) in [6.07, 6.45) is 14.7. The van der Waals surface area contributed by atoms with Crippen LogP contribution in [0.4, 0.5) is 0 Å². The van der Waals surface area contributed by atoms with Gasteiger partial charge in [0.25, 0.3) is 0 Å². The maximum atomic E-state index is 2.33. The standard InChI is InChI=1S/C12H14/c1-10-7-8-12(2,9-10)11-5-3-4-6-11/h3,5-9H,4H2,1-2H3. The number of allylic oxidation sites excluding steroid dienone is 8. The molecule has 62 valence electrons. The smallest absolute Gasteiger partial charge is 0.0289 e. The Kier molecular flexibility index (Phi) is 1.57. The first-order valence-corrected chi connectivity index (χ1v) is 4.47. The highest BCUT2D eigenvalue weighted by Crippen LogP contribution is 2.38. The molecule has 1 unspecified atom stereocenters. The summed E-state index contributed by atoms with van der Waals surface area (Å²) in [6, 6.07) is 0. The van der Waals surface area contributed by atoms with Crippen molar-refractivity contribution in [1.29, 1.82) is 0 Å². The van der Waals surface area contributed by atoms with E-state index < -0.39 is 0 Å². The van der Waals surface area contributed by atoms with Gasteiger partial charge in [-0.1, -0.05) is 42.0 Å². The Morgan fingerprint density at radius 3 is 2.67 bits per heavy atom. The summed E-state index contributed by atoms with van der Waals surface area (Å²) in [5.41, 5.74) is 2.99. The fourth-order valence-electron chi connectivity index (χ4n) is 1.91. The molecule has 12 heavy (non-hydrogen) atoms. The van der Waals surface area contributed by atoms with Crippen molar-refractivity contribution in [3.05, 3.63) is 47.6 Å². The van der Waals surface area contributed by atoms with Crippen LogP contribution in [0.5, 0.6) is 0 Å². The Morgan fingerprint density at radius 2 is 2.17 bits per heavy atom. The van der Waals surface area contributed by atoms with E-state index in [2.05, 4.69) is 50.3 Å². The largest absolute Gasteiger partial charge is 0.0804 e. The lowest BCUT2D eigenvalue weighted by atomic mass is 9.84. The monoisotopic (exact) mass is 158 g/mol. The number of hydrogen-bond donors (Lipinski definition) is 0. The van der Waals surface area contributed by atoms with E-state index in [4.69, 9.17) is 0 Å². The number of hydrogen-bond acceptors (Lipinski definition) is 0. The van der Waals surface area contributed by atoms with Gasteiger partial charge in [-0.2, -0.15) is 0 Å². The molecule has 0 aromatic rings. The van der Waals surface area contributed by atoms with Crippen LogP contribution in [0.25, 0.3) is 0 Å². The van der Waals surface area contributed by atoms with Crippen LogP contribution in [0.3, 0.4) is 0 Å². The molecule has 0 aromatic heterocycles. The van der Waals surface area contributed by atoms with Crippen molar-refractivity contribution in [2.45, 2.75) is 20.3 Å². The maximum absolute atomic E-state index is 2.33. The van der Waals surface area contributed by atoms with E-state index in [0.29, 0.717) is 0 Å². The zero-order chi connectivity index (χ0) is 8.60. The van der Waals surface area contributed by atoms with Crippen LogP contribution in [-0.2, 0) is 0 Å². The minimum Gasteiger partial charge on any atom is -0.0804 e. The van der Waals surface area contributed by atoms with Crippen LogP contribution in [-0.4, -0.2) is 0 Å². The van der Waals surface area contributed by atoms with Crippen LogP contribution >= 0.6 is 0 Å².